The highest BCUT2D eigenvalue weighted by atomic mass is 16.1. The summed E-state index contributed by atoms with van der Waals surface area (Å²) in [5.74, 6) is 0.978. The van der Waals surface area contributed by atoms with E-state index in [0.29, 0.717) is 11.4 Å². The van der Waals surface area contributed by atoms with Gasteiger partial charge in [0.25, 0.3) is 5.91 Å². The Balaban J connectivity index is 1.36. The molecule has 0 unspecified atom stereocenters. The molecule has 0 atom stereocenters. The number of aromatic nitrogens is 5. The van der Waals surface area contributed by atoms with Crippen LogP contribution in [-0.2, 0) is 7.05 Å². The summed E-state index contributed by atoms with van der Waals surface area (Å²) in [6.45, 7) is 3.74. The quantitative estimate of drug-likeness (QED) is 0.534. The van der Waals surface area contributed by atoms with Crippen LogP contribution >= 0.6 is 0 Å². The summed E-state index contributed by atoms with van der Waals surface area (Å²) in [5.41, 5.74) is 3.15. The van der Waals surface area contributed by atoms with Crippen molar-refractivity contribution in [3.8, 4) is 11.3 Å². The standard InChI is InChI=1S/C23H24N8O/c1-29-9-11-31(12-10-29)22-15-17(5-7-24-22)23(32)25-21-14-18-13-16(3-4-19(18)26-27-21)20-6-8-30(2)28-20/h3-8,13-15H,9-12H2,1-2H3,(H,25,27,32). The maximum Gasteiger partial charge on any atom is 0.257 e. The molecule has 4 aromatic rings. The first-order chi connectivity index (χ1) is 15.5. The van der Waals surface area contributed by atoms with Gasteiger partial charge in [0.15, 0.2) is 5.82 Å². The van der Waals surface area contributed by atoms with Gasteiger partial charge < -0.3 is 15.1 Å². The molecule has 4 heterocycles. The smallest absolute Gasteiger partial charge is 0.257 e. The predicted molar refractivity (Wildman–Crippen MR) is 124 cm³/mol. The Morgan fingerprint density at radius 1 is 0.969 bits per heavy atom. The lowest BCUT2D eigenvalue weighted by atomic mass is 10.1. The van der Waals surface area contributed by atoms with Gasteiger partial charge in [-0.2, -0.15) is 5.10 Å². The molecule has 1 aliphatic rings. The van der Waals surface area contributed by atoms with Crippen LogP contribution in [0.1, 0.15) is 10.4 Å². The molecule has 1 N–H and O–H groups in total. The molecule has 32 heavy (non-hydrogen) atoms. The van der Waals surface area contributed by atoms with E-state index in [-0.39, 0.29) is 5.91 Å². The Morgan fingerprint density at radius 3 is 2.59 bits per heavy atom. The van der Waals surface area contributed by atoms with Gasteiger partial charge >= 0.3 is 0 Å². The fourth-order valence-corrected chi connectivity index (χ4v) is 3.79. The number of carbonyl (C=O) groups excluding carboxylic acids is 1. The number of hydrogen-bond donors (Lipinski definition) is 1. The van der Waals surface area contributed by atoms with Crippen molar-refractivity contribution < 1.29 is 4.79 Å². The SMILES string of the molecule is CN1CCN(c2cc(C(=O)Nc3cc4cc(-c5ccn(C)n5)ccc4nn3)ccn2)CC1. The number of pyridine rings is 1. The van der Waals surface area contributed by atoms with Crippen LogP contribution in [-0.4, -0.2) is 69.0 Å². The van der Waals surface area contributed by atoms with Gasteiger partial charge in [-0.1, -0.05) is 6.07 Å². The topological polar surface area (TPSA) is 92.1 Å². The van der Waals surface area contributed by atoms with Gasteiger partial charge in [0, 0.05) is 62.1 Å². The summed E-state index contributed by atoms with van der Waals surface area (Å²) in [6.07, 6.45) is 3.58. The number of piperazine rings is 1. The van der Waals surface area contributed by atoms with Gasteiger partial charge in [-0.25, -0.2) is 4.98 Å². The second kappa shape index (κ2) is 8.35. The van der Waals surface area contributed by atoms with Crippen molar-refractivity contribution in [1.82, 2.24) is 29.9 Å². The number of likely N-dealkylation sites (N-methyl/N-ethyl adjacent to an activating group) is 1. The lowest BCUT2D eigenvalue weighted by Gasteiger charge is -2.33. The minimum Gasteiger partial charge on any atom is -0.354 e. The molecular formula is C23H24N8O. The highest BCUT2D eigenvalue weighted by Crippen LogP contribution is 2.23. The fourth-order valence-electron chi connectivity index (χ4n) is 3.79. The van der Waals surface area contributed by atoms with E-state index >= 15 is 0 Å². The summed E-state index contributed by atoms with van der Waals surface area (Å²) >= 11 is 0. The lowest BCUT2D eigenvalue weighted by molar-refractivity contribution is 0.102. The first-order valence-corrected chi connectivity index (χ1v) is 10.5. The minimum absolute atomic E-state index is 0.239. The van der Waals surface area contributed by atoms with Gasteiger partial charge in [-0.3, -0.25) is 9.48 Å². The van der Waals surface area contributed by atoms with Crippen LogP contribution in [0.2, 0.25) is 0 Å². The number of aryl methyl sites for hydroxylation is 1. The van der Waals surface area contributed by atoms with Crippen LogP contribution in [0.5, 0.6) is 0 Å². The molecule has 162 valence electrons. The number of amides is 1. The maximum atomic E-state index is 12.9. The van der Waals surface area contributed by atoms with Crippen molar-refractivity contribution in [3.05, 3.63) is 60.4 Å². The van der Waals surface area contributed by atoms with Gasteiger partial charge in [-0.05, 0) is 43.4 Å². The van der Waals surface area contributed by atoms with Crippen LogP contribution < -0.4 is 10.2 Å². The van der Waals surface area contributed by atoms with Gasteiger partial charge in [0.2, 0.25) is 0 Å². The molecule has 1 amide bonds. The second-order valence-electron chi connectivity index (χ2n) is 8.02. The number of benzene rings is 1. The summed E-state index contributed by atoms with van der Waals surface area (Å²) in [6, 6.07) is 13.2. The maximum absolute atomic E-state index is 12.9. The number of fused-ring (bicyclic) bond motifs is 1. The molecule has 9 heteroatoms. The highest BCUT2D eigenvalue weighted by molar-refractivity contribution is 6.04. The van der Waals surface area contributed by atoms with Gasteiger partial charge in [0.1, 0.15) is 5.82 Å². The van der Waals surface area contributed by atoms with Crippen molar-refractivity contribution in [2.24, 2.45) is 7.05 Å². The number of nitrogens with zero attached hydrogens (tertiary/aromatic N) is 7. The summed E-state index contributed by atoms with van der Waals surface area (Å²) in [5, 5.41) is 16.6. The molecule has 0 aliphatic carbocycles. The van der Waals surface area contributed by atoms with Crippen molar-refractivity contribution in [2.45, 2.75) is 0 Å². The van der Waals surface area contributed by atoms with E-state index in [1.54, 1.807) is 16.9 Å². The molecule has 3 aromatic heterocycles. The van der Waals surface area contributed by atoms with E-state index in [0.717, 1.165) is 54.2 Å². The first kappa shape index (κ1) is 20.1. The Morgan fingerprint density at radius 2 is 1.81 bits per heavy atom. The van der Waals surface area contributed by atoms with Crippen LogP contribution in [0.3, 0.4) is 0 Å². The number of hydrogen-bond acceptors (Lipinski definition) is 7. The molecule has 0 spiro atoms. The summed E-state index contributed by atoms with van der Waals surface area (Å²) in [7, 11) is 4.00. The third-order valence-corrected chi connectivity index (χ3v) is 5.67. The van der Waals surface area contributed by atoms with E-state index in [2.05, 4.69) is 42.4 Å². The molecule has 5 rings (SSSR count). The second-order valence-corrected chi connectivity index (χ2v) is 8.02. The van der Waals surface area contributed by atoms with E-state index in [9.17, 15) is 4.79 Å². The molecule has 9 nitrogen and oxygen atoms in total. The molecule has 1 fully saturated rings. The van der Waals surface area contributed by atoms with E-state index in [1.165, 1.54) is 0 Å². The zero-order valence-electron chi connectivity index (χ0n) is 18.1. The number of nitrogens with one attached hydrogen (secondary N) is 1. The molecule has 0 radical (unpaired) electrons. The van der Waals surface area contributed by atoms with E-state index in [4.69, 9.17) is 0 Å². The average molecular weight is 429 g/mol. The Hall–Kier alpha value is -3.85. The minimum atomic E-state index is -0.239. The largest absolute Gasteiger partial charge is 0.354 e. The van der Waals surface area contributed by atoms with Crippen LogP contribution in [0.4, 0.5) is 11.6 Å². The fraction of sp³-hybridized carbons (Fsp3) is 0.261. The zero-order chi connectivity index (χ0) is 22.1. The molecule has 1 aliphatic heterocycles. The van der Waals surface area contributed by atoms with Gasteiger partial charge in [-0.15, -0.1) is 10.2 Å². The number of rotatable bonds is 4. The highest BCUT2D eigenvalue weighted by Gasteiger charge is 2.17. The van der Waals surface area contributed by atoms with Crippen molar-refractivity contribution in [3.63, 3.8) is 0 Å². The molecule has 0 saturated carbocycles. The third-order valence-electron chi connectivity index (χ3n) is 5.67. The number of anilines is 2. The van der Waals surface area contributed by atoms with E-state index in [1.807, 2.05) is 49.6 Å². The first-order valence-electron chi connectivity index (χ1n) is 10.5. The van der Waals surface area contributed by atoms with E-state index < -0.39 is 0 Å². The predicted octanol–water partition coefficient (Wildman–Crippen LogP) is 2.43. The molecule has 0 bridgehead atoms. The Kier molecular flexibility index (Phi) is 5.24. The summed E-state index contributed by atoms with van der Waals surface area (Å²) < 4.78 is 1.76. The van der Waals surface area contributed by atoms with Crippen LogP contribution in [0.15, 0.2) is 54.9 Å². The molecule has 1 aromatic carbocycles. The molecule has 1 saturated heterocycles. The van der Waals surface area contributed by atoms with Crippen LogP contribution in [0, 0.1) is 0 Å². The van der Waals surface area contributed by atoms with Gasteiger partial charge in [0.05, 0.1) is 11.2 Å². The zero-order valence-corrected chi connectivity index (χ0v) is 18.1. The number of carbonyl (C=O) groups is 1. The lowest BCUT2D eigenvalue weighted by Crippen LogP contribution is -2.44. The average Bonchev–Trinajstić information content (AvgIpc) is 3.25. The Labute approximate surface area is 185 Å². The van der Waals surface area contributed by atoms with Crippen LogP contribution in [0.25, 0.3) is 22.2 Å². The normalized spacial score (nSPS) is 14.6. The monoisotopic (exact) mass is 428 g/mol. The van der Waals surface area contributed by atoms with Crippen molar-refractivity contribution in [2.75, 3.05) is 43.4 Å². The third kappa shape index (κ3) is 4.15. The molecular weight excluding hydrogens is 404 g/mol. The summed E-state index contributed by atoms with van der Waals surface area (Å²) in [4.78, 5) is 21.8. The Bertz CT molecular complexity index is 1280. The van der Waals surface area contributed by atoms with Crippen molar-refractivity contribution >= 4 is 28.4 Å². The van der Waals surface area contributed by atoms with Crippen molar-refractivity contribution in [1.29, 1.82) is 0 Å².